The number of Topliss-reactive ketones (excluding diaryl/α,β-unsaturated/α-hetero) is 1. The van der Waals surface area contributed by atoms with Crippen LogP contribution >= 0.6 is 34.7 Å². The summed E-state index contributed by atoms with van der Waals surface area (Å²) in [5.74, 6) is 0.169. The number of thioether (sulfide) groups is 1. The van der Waals surface area contributed by atoms with Gasteiger partial charge in [-0.2, -0.15) is 0 Å². The Morgan fingerprint density at radius 3 is 2.51 bits per heavy atom. The van der Waals surface area contributed by atoms with E-state index in [0.717, 1.165) is 18.4 Å². The lowest BCUT2D eigenvalue weighted by Crippen LogP contribution is -2.29. The smallest absolute Gasteiger partial charge is 0.301 e. The third kappa shape index (κ3) is 7.11. The minimum Gasteiger partial charge on any atom is -0.507 e. The molecule has 0 aliphatic carbocycles. The normalized spacial score (nSPS) is 15.8. The van der Waals surface area contributed by atoms with Gasteiger partial charge in [-0.15, -0.1) is 10.2 Å². The molecule has 1 aromatic heterocycles. The minimum absolute atomic E-state index is 0.0762. The van der Waals surface area contributed by atoms with Crippen molar-refractivity contribution in [2.45, 2.75) is 42.8 Å². The molecule has 4 aromatic rings. The van der Waals surface area contributed by atoms with Gasteiger partial charge in [0.2, 0.25) is 5.13 Å². The number of anilines is 1. The van der Waals surface area contributed by atoms with E-state index >= 15 is 0 Å². The Hall–Kier alpha value is -4.06. The predicted molar refractivity (Wildman–Crippen MR) is 177 cm³/mol. The molecule has 1 fully saturated rings. The van der Waals surface area contributed by atoms with Gasteiger partial charge >= 0.3 is 5.91 Å². The summed E-state index contributed by atoms with van der Waals surface area (Å²) < 4.78 is 17.7. The van der Waals surface area contributed by atoms with Crippen LogP contribution in [0, 0.1) is 0 Å². The molecule has 5 rings (SSSR count). The highest BCUT2D eigenvalue weighted by molar-refractivity contribution is 8.00. The van der Waals surface area contributed by atoms with E-state index in [-0.39, 0.29) is 16.5 Å². The first-order valence-electron chi connectivity index (χ1n) is 14.4. The monoisotopic (exact) mass is 665 g/mol. The zero-order valence-electron chi connectivity index (χ0n) is 25.0. The van der Waals surface area contributed by atoms with Gasteiger partial charge in [0, 0.05) is 16.3 Å². The lowest BCUT2D eigenvalue weighted by molar-refractivity contribution is -0.132. The van der Waals surface area contributed by atoms with Crippen molar-refractivity contribution in [3.63, 3.8) is 0 Å². The van der Waals surface area contributed by atoms with E-state index in [1.54, 1.807) is 42.5 Å². The number of halogens is 1. The maximum Gasteiger partial charge on any atom is 0.301 e. The summed E-state index contributed by atoms with van der Waals surface area (Å²) in [4.78, 5) is 28.6. The summed E-state index contributed by atoms with van der Waals surface area (Å²) >= 11 is 8.93. The van der Waals surface area contributed by atoms with E-state index in [2.05, 4.69) is 17.1 Å². The average Bonchev–Trinajstić information content (AvgIpc) is 3.62. The lowest BCUT2D eigenvalue weighted by Gasteiger charge is -2.23. The number of carbonyl (C=O) groups is 2. The Kier molecular flexibility index (Phi) is 10.6. The van der Waals surface area contributed by atoms with Crippen LogP contribution in [0.4, 0.5) is 5.13 Å². The number of methoxy groups -OCH3 is 1. The second kappa shape index (κ2) is 14.8. The Labute approximate surface area is 274 Å². The van der Waals surface area contributed by atoms with E-state index in [1.807, 2.05) is 31.2 Å². The molecule has 0 bridgehead atoms. The van der Waals surface area contributed by atoms with Crippen molar-refractivity contribution in [3.05, 3.63) is 94.0 Å². The number of nitrogens with zero attached hydrogens (tertiary/aromatic N) is 3. The van der Waals surface area contributed by atoms with Crippen LogP contribution < -0.4 is 19.1 Å². The molecule has 0 radical (unpaired) electrons. The van der Waals surface area contributed by atoms with Crippen LogP contribution in [0.15, 0.2) is 76.6 Å². The van der Waals surface area contributed by atoms with Gasteiger partial charge in [-0.25, -0.2) is 0 Å². The van der Waals surface area contributed by atoms with E-state index < -0.39 is 17.7 Å². The fourth-order valence-electron chi connectivity index (χ4n) is 4.77. The van der Waals surface area contributed by atoms with Gasteiger partial charge < -0.3 is 19.3 Å². The summed E-state index contributed by atoms with van der Waals surface area (Å²) in [7, 11) is 1.54. The third-order valence-electron chi connectivity index (χ3n) is 7.06. The summed E-state index contributed by atoms with van der Waals surface area (Å²) in [6, 6.07) is 18.4. The van der Waals surface area contributed by atoms with Crippen LogP contribution in [0.25, 0.3) is 5.76 Å². The number of hydrogen-bond acceptors (Lipinski definition) is 10. The highest BCUT2D eigenvalue weighted by Gasteiger charge is 2.48. The van der Waals surface area contributed by atoms with Gasteiger partial charge in [0.25, 0.3) is 5.78 Å². The third-order valence-corrected chi connectivity index (χ3v) is 9.53. The minimum atomic E-state index is -1.01. The molecule has 0 saturated carbocycles. The highest BCUT2D eigenvalue weighted by Crippen LogP contribution is 2.46. The second-order valence-corrected chi connectivity index (χ2v) is 12.6. The first kappa shape index (κ1) is 32.3. The molecule has 2 heterocycles. The van der Waals surface area contributed by atoms with Crippen molar-refractivity contribution < 1.29 is 28.9 Å². The molecular weight excluding hydrogens is 634 g/mol. The van der Waals surface area contributed by atoms with Gasteiger partial charge in [0.1, 0.15) is 11.5 Å². The molecule has 3 aromatic carbocycles. The maximum atomic E-state index is 13.7. The molecule has 1 atom stereocenters. The molecule has 1 aliphatic heterocycles. The van der Waals surface area contributed by atoms with Crippen LogP contribution in [0.2, 0.25) is 5.02 Å². The number of aliphatic hydroxyl groups is 1. The fourth-order valence-corrected chi connectivity index (χ4v) is 6.92. The lowest BCUT2D eigenvalue weighted by atomic mass is 9.95. The number of ketones is 1. The van der Waals surface area contributed by atoms with Gasteiger partial charge in [0.05, 0.1) is 31.9 Å². The summed E-state index contributed by atoms with van der Waals surface area (Å²) in [6.07, 6.45) is 1.85. The Balaban J connectivity index is 1.57. The molecule has 1 saturated heterocycles. The van der Waals surface area contributed by atoms with Crippen molar-refractivity contribution in [1.82, 2.24) is 10.2 Å². The maximum absolute atomic E-state index is 13.7. The quantitative estimate of drug-likeness (QED) is 0.0383. The molecule has 1 amide bonds. The van der Waals surface area contributed by atoms with Crippen LogP contribution in [-0.4, -0.2) is 47.3 Å². The number of benzene rings is 3. The molecule has 0 spiro atoms. The number of carbonyl (C=O) groups excluding carboxylic acids is 2. The van der Waals surface area contributed by atoms with Crippen molar-refractivity contribution >= 4 is 57.3 Å². The fraction of sp³-hybridized carbons (Fsp3) is 0.273. The largest absolute Gasteiger partial charge is 0.507 e. The van der Waals surface area contributed by atoms with Gasteiger partial charge in [-0.05, 0) is 66.9 Å². The van der Waals surface area contributed by atoms with Crippen molar-refractivity contribution in [2.24, 2.45) is 0 Å². The number of aliphatic hydroxyl groups excluding tert-OH is 1. The topological polar surface area (TPSA) is 111 Å². The number of rotatable bonds is 13. The second-order valence-electron chi connectivity index (χ2n) is 9.97. The standard InChI is InChI=1S/C33H32ClN3O6S2/c1-4-6-17-43-25-16-13-21(18-26(25)42-5-2)28-27(29(38)20-11-14-23(41-3)15-12-20)30(39)31(40)37(28)32-35-36-33(45-32)44-19-22-9-7-8-10-24(22)34/h7-16,18,28,38H,4-6,17,19H2,1-3H3. The number of amides is 1. The Bertz CT molecular complexity index is 1710. The molecule has 9 nitrogen and oxygen atoms in total. The number of aromatic nitrogens is 2. The molecular formula is C33H32ClN3O6S2. The first-order chi connectivity index (χ1) is 21.9. The van der Waals surface area contributed by atoms with E-state index in [1.165, 1.54) is 35.1 Å². The number of ether oxygens (including phenoxy) is 3. The predicted octanol–water partition coefficient (Wildman–Crippen LogP) is 7.70. The van der Waals surface area contributed by atoms with Gasteiger partial charge in [-0.3, -0.25) is 14.5 Å². The molecule has 1 N–H and O–H groups in total. The Morgan fingerprint density at radius 1 is 1.02 bits per heavy atom. The van der Waals surface area contributed by atoms with Crippen molar-refractivity contribution in [1.29, 1.82) is 0 Å². The van der Waals surface area contributed by atoms with E-state index in [0.29, 0.717) is 56.7 Å². The molecule has 12 heteroatoms. The highest BCUT2D eigenvalue weighted by atomic mass is 35.5. The summed E-state index contributed by atoms with van der Waals surface area (Å²) in [5, 5.41) is 21.0. The van der Waals surface area contributed by atoms with E-state index in [4.69, 9.17) is 25.8 Å². The number of unbranched alkanes of at least 4 members (excludes halogenated alkanes) is 1. The van der Waals surface area contributed by atoms with Crippen LogP contribution in [0.3, 0.4) is 0 Å². The van der Waals surface area contributed by atoms with Crippen LogP contribution in [-0.2, 0) is 15.3 Å². The zero-order valence-corrected chi connectivity index (χ0v) is 27.4. The van der Waals surface area contributed by atoms with Crippen molar-refractivity contribution in [3.8, 4) is 17.2 Å². The van der Waals surface area contributed by atoms with Crippen molar-refractivity contribution in [2.75, 3.05) is 25.2 Å². The first-order valence-corrected chi connectivity index (χ1v) is 16.6. The van der Waals surface area contributed by atoms with Gasteiger partial charge in [-0.1, -0.05) is 72.3 Å². The summed E-state index contributed by atoms with van der Waals surface area (Å²) in [6.45, 7) is 4.84. The average molecular weight is 666 g/mol. The number of hydrogen-bond donors (Lipinski definition) is 1. The molecule has 1 unspecified atom stereocenters. The molecule has 1 aliphatic rings. The van der Waals surface area contributed by atoms with E-state index in [9.17, 15) is 14.7 Å². The van der Waals surface area contributed by atoms with Crippen LogP contribution in [0.1, 0.15) is 49.4 Å². The van der Waals surface area contributed by atoms with Crippen LogP contribution in [0.5, 0.6) is 17.2 Å². The molecule has 45 heavy (non-hydrogen) atoms. The SMILES string of the molecule is CCCCOc1ccc(C2C(=C(O)c3ccc(OC)cc3)C(=O)C(=O)N2c2nnc(SCc3ccccc3Cl)s2)cc1OCC. The van der Waals surface area contributed by atoms with Gasteiger partial charge in [0.15, 0.2) is 15.8 Å². The molecule has 234 valence electrons. The zero-order chi connectivity index (χ0) is 31.9. The Morgan fingerprint density at radius 2 is 1.80 bits per heavy atom. The summed E-state index contributed by atoms with van der Waals surface area (Å²) in [5.41, 5.74) is 1.76.